The van der Waals surface area contributed by atoms with Gasteiger partial charge in [-0.25, -0.2) is 4.79 Å². The molecule has 1 amide bonds. The Kier molecular flexibility index (Phi) is 5.25. The number of carbonyl (C=O) groups is 2. The Bertz CT molecular complexity index is 1260. The quantitative estimate of drug-likeness (QED) is 0.392. The van der Waals surface area contributed by atoms with E-state index in [1.807, 2.05) is 36.4 Å². The number of hydrogen-bond donors (Lipinski definition) is 1. The highest BCUT2D eigenvalue weighted by atomic mass is 19.3. The standard InChI is InChI=1S/C24H18F2N2O3/c1-24(25,26)31-18-12-10-17(11-13-18)27-23(30)28-14-21(20-8-4-5-9-22(20)28)19-7-3-2-6-16(19)15-29/h2-15H,1H3,(H,27,30). The summed E-state index contributed by atoms with van der Waals surface area (Å²) < 4.78 is 31.9. The van der Waals surface area contributed by atoms with E-state index >= 15 is 0 Å². The largest absolute Gasteiger partial charge is 0.433 e. The second-order valence-electron chi connectivity index (χ2n) is 7.00. The maximum absolute atomic E-state index is 13.0. The minimum atomic E-state index is -3.29. The molecule has 0 radical (unpaired) electrons. The van der Waals surface area contributed by atoms with E-state index in [2.05, 4.69) is 10.1 Å². The molecule has 156 valence electrons. The zero-order chi connectivity index (χ0) is 22.0. The Hall–Kier alpha value is -4.00. The molecular weight excluding hydrogens is 402 g/mol. The molecule has 5 nitrogen and oxygen atoms in total. The third kappa shape index (κ3) is 4.30. The van der Waals surface area contributed by atoms with Gasteiger partial charge >= 0.3 is 12.1 Å². The number of ether oxygens (including phenoxy) is 1. The summed E-state index contributed by atoms with van der Waals surface area (Å²) in [6, 6.07) is 19.8. The van der Waals surface area contributed by atoms with Crippen molar-refractivity contribution in [3.8, 4) is 16.9 Å². The van der Waals surface area contributed by atoms with Gasteiger partial charge in [0.15, 0.2) is 6.29 Å². The first-order chi connectivity index (χ1) is 14.9. The number of alkyl halides is 2. The van der Waals surface area contributed by atoms with Crippen molar-refractivity contribution in [3.05, 3.63) is 84.6 Å². The van der Waals surface area contributed by atoms with Crippen molar-refractivity contribution in [2.45, 2.75) is 13.0 Å². The van der Waals surface area contributed by atoms with E-state index in [9.17, 15) is 18.4 Å². The average molecular weight is 420 g/mol. The number of anilines is 1. The maximum Gasteiger partial charge on any atom is 0.394 e. The van der Waals surface area contributed by atoms with Crippen LogP contribution in [0.4, 0.5) is 19.3 Å². The Morgan fingerprint density at radius 2 is 1.65 bits per heavy atom. The number of nitrogens with zero attached hydrogens (tertiary/aromatic N) is 1. The second-order valence-corrected chi connectivity index (χ2v) is 7.00. The number of aromatic nitrogens is 1. The SMILES string of the molecule is CC(F)(F)Oc1ccc(NC(=O)n2cc(-c3ccccc3C=O)c3ccccc32)cc1. The summed E-state index contributed by atoms with van der Waals surface area (Å²) in [5.74, 6) is -0.00957. The monoisotopic (exact) mass is 420 g/mol. The molecule has 0 aliphatic rings. The van der Waals surface area contributed by atoms with E-state index in [4.69, 9.17) is 0 Å². The summed E-state index contributed by atoms with van der Waals surface area (Å²) in [6.45, 7) is 0.653. The van der Waals surface area contributed by atoms with Crippen LogP contribution in [-0.4, -0.2) is 23.0 Å². The Morgan fingerprint density at radius 3 is 2.35 bits per heavy atom. The molecule has 0 saturated carbocycles. The van der Waals surface area contributed by atoms with Gasteiger partial charge in [-0.15, -0.1) is 0 Å². The summed E-state index contributed by atoms with van der Waals surface area (Å²) in [6.07, 6.45) is -0.828. The van der Waals surface area contributed by atoms with E-state index in [1.54, 1.807) is 18.3 Å². The fourth-order valence-electron chi connectivity index (χ4n) is 3.40. The van der Waals surface area contributed by atoms with Gasteiger partial charge in [0.05, 0.1) is 5.52 Å². The smallest absolute Gasteiger partial charge is 0.394 e. The highest BCUT2D eigenvalue weighted by molar-refractivity contribution is 6.06. The van der Waals surface area contributed by atoms with E-state index < -0.39 is 12.1 Å². The van der Waals surface area contributed by atoms with E-state index in [-0.39, 0.29) is 5.75 Å². The van der Waals surface area contributed by atoms with E-state index in [0.717, 1.165) is 22.8 Å². The van der Waals surface area contributed by atoms with Gasteiger partial charge in [0.2, 0.25) is 0 Å². The zero-order valence-electron chi connectivity index (χ0n) is 16.5. The van der Waals surface area contributed by atoms with Crippen LogP contribution in [0.25, 0.3) is 22.0 Å². The minimum Gasteiger partial charge on any atom is -0.433 e. The van der Waals surface area contributed by atoms with Crippen LogP contribution >= 0.6 is 0 Å². The highest BCUT2D eigenvalue weighted by Gasteiger charge is 2.23. The van der Waals surface area contributed by atoms with E-state index in [1.165, 1.54) is 28.8 Å². The lowest BCUT2D eigenvalue weighted by Gasteiger charge is -2.13. The first-order valence-corrected chi connectivity index (χ1v) is 9.48. The lowest BCUT2D eigenvalue weighted by molar-refractivity contribution is -0.158. The lowest BCUT2D eigenvalue weighted by atomic mass is 10.00. The first kappa shape index (κ1) is 20.3. The van der Waals surface area contributed by atoms with Crippen molar-refractivity contribution in [1.29, 1.82) is 0 Å². The van der Waals surface area contributed by atoms with E-state index in [0.29, 0.717) is 23.7 Å². The number of fused-ring (bicyclic) bond motifs is 1. The molecule has 3 aromatic carbocycles. The van der Waals surface area contributed by atoms with Crippen LogP contribution in [0.15, 0.2) is 79.0 Å². The fraction of sp³-hybridized carbons (Fsp3) is 0.0833. The Morgan fingerprint density at radius 1 is 0.968 bits per heavy atom. The van der Waals surface area contributed by atoms with Crippen LogP contribution in [0.1, 0.15) is 17.3 Å². The number of halogens is 2. The molecule has 0 aliphatic heterocycles. The van der Waals surface area contributed by atoms with Gasteiger partial charge in [-0.1, -0.05) is 42.5 Å². The van der Waals surface area contributed by atoms with Crippen LogP contribution in [-0.2, 0) is 0 Å². The Labute approximate surface area is 176 Å². The van der Waals surface area contributed by atoms with Crippen molar-refractivity contribution in [2.75, 3.05) is 5.32 Å². The molecule has 0 fully saturated rings. The number of aldehydes is 1. The number of rotatable bonds is 5. The third-order valence-electron chi connectivity index (χ3n) is 4.71. The van der Waals surface area contributed by atoms with Crippen LogP contribution in [0.3, 0.4) is 0 Å². The number of hydrogen-bond acceptors (Lipinski definition) is 3. The van der Waals surface area contributed by atoms with Gasteiger partial charge in [0.25, 0.3) is 0 Å². The average Bonchev–Trinajstić information content (AvgIpc) is 3.14. The molecule has 31 heavy (non-hydrogen) atoms. The van der Waals surface area contributed by atoms with Gasteiger partial charge < -0.3 is 10.1 Å². The van der Waals surface area contributed by atoms with Gasteiger partial charge in [-0.2, -0.15) is 8.78 Å². The number of nitrogens with one attached hydrogen (secondary N) is 1. The van der Waals surface area contributed by atoms with Crippen LogP contribution < -0.4 is 10.1 Å². The highest BCUT2D eigenvalue weighted by Crippen LogP contribution is 2.32. The van der Waals surface area contributed by atoms with Crippen LogP contribution in [0.2, 0.25) is 0 Å². The van der Waals surface area contributed by atoms with Crippen molar-refractivity contribution < 1.29 is 23.1 Å². The first-order valence-electron chi connectivity index (χ1n) is 9.48. The summed E-state index contributed by atoms with van der Waals surface area (Å²) >= 11 is 0. The molecule has 0 unspecified atom stereocenters. The number of para-hydroxylation sites is 1. The predicted molar refractivity (Wildman–Crippen MR) is 115 cm³/mol. The van der Waals surface area contributed by atoms with Gasteiger partial charge in [-0.05, 0) is 35.9 Å². The molecule has 0 bridgehead atoms. The Balaban J connectivity index is 1.67. The van der Waals surface area contributed by atoms with Gasteiger partial charge in [-0.3, -0.25) is 9.36 Å². The summed E-state index contributed by atoms with van der Waals surface area (Å²) in [5.41, 5.74) is 3.09. The fourth-order valence-corrected chi connectivity index (χ4v) is 3.40. The number of amides is 1. The minimum absolute atomic E-state index is 0.00957. The molecule has 0 atom stereocenters. The van der Waals surface area contributed by atoms with Crippen LogP contribution in [0.5, 0.6) is 5.75 Å². The topological polar surface area (TPSA) is 60.3 Å². The summed E-state index contributed by atoms with van der Waals surface area (Å²) in [5, 5.41) is 3.57. The number of benzene rings is 3. The normalized spacial score (nSPS) is 11.3. The summed E-state index contributed by atoms with van der Waals surface area (Å²) in [7, 11) is 0. The summed E-state index contributed by atoms with van der Waals surface area (Å²) in [4.78, 5) is 24.5. The van der Waals surface area contributed by atoms with Crippen molar-refractivity contribution in [2.24, 2.45) is 0 Å². The molecule has 0 spiro atoms. The van der Waals surface area contributed by atoms with Gasteiger partial charge in [0.1, 0.15) is 5.75 Å². The van der Waals surface area contributed by atoms with Crippen molar-refractivity contribution in [1.82, 2.24) is 4.57 Å². The molecular formula is C24H18F2N2O3. The van der Waals surface area contributed by atoms with Crippen molar-refractivity contribution >= 4 is 28.9 Å². The van der Waals surface area contributed by atoms with Crippen LogP contribution in [0, 0.1) is 0 Å². The lowest BCUT2D eigenvalue weighted by Crippen LogP contribution is -2.19. The molecule has 1 heterocycles. The maximum atomic E-state index is 13.0. The second kappa shape index (κ2) is 8.02. The molecule has 4 rings (SSSR count). The molecule has 1 aromatic heterocycles. The van der Waals surface area contributed by atoms with Gasteiger partial charge in [0, 0.05) is 35.3 Å². The molecule has 4 aromatic rings. The predicted octanol–water partition coefficient (Wildman–Crippen LogP) is 6.19. The molecule has 0 aliphatic carbocycles. The van der Waals surface area contributed by atoms with Crippen molar-refractivity contribution in [3.63, 3.8) is 0 Å². The number of carbonyl (C=O) groups excluding carboxylic acids is 2. The molecule has 7 heteroatoms. The zero-order valence-corrected chi connectivity index (χ0v) is 16.5. The molecule has 1 N–H and O–H groups in total. The molecule has 0 saturated heterocycles. The third-order valence-corrected chi connectivity index (χ3v) is 4.71.